The number of hydrogen-bond donors (Lipinski definition) is 1. The number of rotatable bonds is 1. The van der Waals surface area contributed by atoms with Crippen molar-refractivity contribution < 1.29 is 9.53 Å². The molecule has 20 heavy (non-hydrogen) atoms. The lowest BCUT2D eigenvalue weighted by atomic mass is 10.1. The maximum absolute atomic E-state index is 12.8. The van der Waals surface area contributed by atoms with Crippen LogP contribution in [0.25, 0.3) is 0 Å². The molecule has 2 fully saturated rings. The highest BCUT2D eigenvalue weighted by Crippen LogP contribution is 2.32. The van der Waals surface area contributed by atoms with E-state index < -0.39 is 0 Å². The van der Waals surface area contributed by atoms with E-state index in [1.54, 1.807) is 0 Å². The van der Waals surface area contributed by atoms with E-state index >= 15 is 0 Å². The number of para-hydroxylation sites is 1. The first-order valence-electron chi connectivity index (χ1n) is 7.59. The molecule has 4 rings (SSSR count). The zero-order chi connectivity index (χ0) is 13.5. The van der Waals surface area contributed by atoms with Crippen molar-refractivity contribution in [3.8, 4) is 0 Å². The Labute approximate surface area is 119 Å². The van der Waals surface area contributed by atoms with E-state index in [4.69, 9.17) is 4.74 Å². The number of carbonyl (C=O) groups excluding carboxylic acids is 1. The highest BCUT2D eigenvalue weighted by Gasteiger charge is 2.41. The van der Waals surface area contributed by atoms with Gasteiger partial charge in [-0.15, -0.1) is 0 Å². The van der Waals surface area contributed by atoms with Crippen LogP contribution in [0.1, 0.15) is 24.8 Å². The largest absolute Gasteiger partial charge is 0.374 e. The standard InChI is InChI=1S/C16H20N2O2/c19-16(13-10-11-4-1-2-5-12(11)17-13)18-8-9-20-15-7-3-6-14(15)18/h1-2,4-5,13-15,17H,3,6-10H2/t13-,14?,15?/m0/s1. The molecule has 1 saturated carbocycles. The highest BCUT2D eigenvalue weighted by atomic mass is 16.5. The molecule has 2 unspecified atom stereocenters. The lowest BCUT2D eigenvalue weighted by molar-refractivity contribution is -0.144. The van der Waals surface area contributed by atoms with Crippen LogP contribution in [0.15, 0.2) is 24.3 Å². The molecule has 4 heteroatoms. The predicted octanol–water partition coefficient (Wildman–Crippen LogP) is 1.80. The second-order valence-electron chi connectivity index (χ2n) is 6.00. The Bertz CT molecular complexity index is 506. The van der Waals surface area contributed by atoms with E-state index in [1.165, 1.54) is 12.0 Å². The van der Waals surface area contributed by atoms with Crippen molar-refractivity contribution in [2.45, 2.75) is 43.9 Å². The third kappa shape index (κ3) is 1.90. The summed E-state index contributed by atoms with van der Waals surface area (Å²) in [5.41, 5.74) is 2.36. The maximum Gasteiger partial charge on any atom is 0.245 e. The minimum Gasteiger partial charge on any atom is -0.374 e. The molecule has 1 aliphatic carbocycles. The smallest absolute Gasteiger partial charge is 0.245 e. The van der Waals surface area contributed by atoms with Gasteiger partial charge < -0.3 is 15.0 Å². The molecule has 1 amide bonds. The lowest BCUT2D eigenvalue weighted by Gasteiger charge is -2.39. The van der Waals surface area contributed by atoms with E-state index in [2.05, 4.69) is 22.3 Å². The number of amides is 1. The van der Waals surface area contributed by atoms with Gasteiger partial charge in [-0.2, -0.15) is 0 Å². The van der Waals surface area contributed by atoms with Crippen molar-refractivity contribution in [2.75, 3.05) is 18.5 Å². The van der Waals surface area contributed by atoms with Gasteiger partial charge in [0.1, 0.15) is 6.04 Å². The van der Waals surface area contributed by atoms with Crippen molar-refractivity contribution in [2.24, 2.45) is 0 Å². The Balaban J connectivity index is 1.51. The monoisotopic (exact) mass is 272 g/mol. The zero-order valence-corrected chi connectivity index (χ0v) is 11.5. The molecule has 0 aromatic heterocycles. The van der Waals surface area contributed by atoms with Crippen molar-refractivity contribution in [1.29, 1.82) is 0 Å². The molecule has 2 heterocycles. The number of benzene rings is 1. The summed E-state index contributed by atoms with van der Waals surface area (Å²) in [4.78, 5) is 14.9. The lowest BCUT2D eigenvalue weighted by Crippen LogP contribution is -2.55. The van der Waals surface area contributed by atoms with Crippen LogP contribution < -0.4 is 5.32 Å². The van der Waals surface area contributed by atoms with Gasteiger partial charge in [0.05, 0.1) is 18.8 Å². The average molecular weight is 272 g/mol. The van der Waals surface area contributed by atoms with Crippen molar-refractivity contribution >= 4 is 11.6 Å². The number of ether oxygens (including phenoxy) is 1. The molecule has 1 aromatic carbocycles. The fourth-order valence-electron chi connectivity index (χ4n) is 3.85. The Morgan fingerprint density at radius 1 is 1.30 bits per heavy atom. The molecule has 0 radical (unpaired) electrons. The van der Waals surface area contributed by atoms with Crippen molar-refractivity contribution in [3.05, 3.63) is 29.8 Å². The molecule has 4 nitrogen and oxygen atoms in total. The molecule has 1 saturated heterocycles. The molecule has 3 aliphatic rings. The van der Waals surface area contributed by atoms with E-state index in [1.807, 2.05) is 12.1 Å². The first-order valence-corrected chi connectivity index (χ1v) is 7.59. The topological polar surface area (TPSA) is 41.6 Å². The Kier molecular flexibility index (Phi) is 2.91. The summed E-state index contributed by atoms with van der Waals surface area (Å²) < 4.78 is 5.79. The van der Waals surface area contributed by atoms with Crippen molar-refractivity contribution in [3.63, 3.8) is 0 Å². The van der Waals surface area contributed by atoms with Gasteiger partial charge in [-0.05, 0) is 30.9 Å². The molecule has 0 bridgehead atoms. The molecule has 106 valence electrons. The van der Waals surface area contributed by atoms with E-state index in [9.17, 15) is 4.79 Å². The third-order valence-corrected chi connectivity index (χ3v) is 4.83. The first-order chi connectivity index (χ1) is 9.83. The second-order valence-corrected chi connectivity index (χ2v) is 6.00. The number of anilines is 1. The summed E-state index contributed by atoms with van der Waals surface area (Å²) in [6.45, 7) is 1.43. The number of carbonyl (C=O) groups is 1. The van der Waals surface area contributed by atoms with Gasteiger partial charge in [0.25, 0.3) is 0 Å². The Morgan fingerprint density at radius 2 is 2.20 bits per heavy atom. The van der Waals surface area contributed by atoms with Crippen LogP contribution in [-0.2, 0) is 16.0 Å². The Morgan fingerprint density at radius 3 is 3.10 bits per heavy atom. The summed E-state index contributed by atoms with van der Waals surface area (Å²) in [5, 5.41) is 3.38. The minimum atomic E-state index is -0.0910. The molecule has 1 N–H and O–H groups in total. The predicted molar refractivity (Wildman–Crippen MR) is 76.6 cm³/mol. The second kappa shape index (κ2) is 4.77. The third-order valence-electron chi connectivity index (χ3n) is 4.83. The van der Waals surface area contributed by atoms with Crippen LogP contribution >= 0.6 is 0 Å². The van der Waals surface area contributed by atoms with Crippen LogP contribution in [0.4, 0.5) is 5.69 Å². The van der Waals surface area contributed by atoms with Gasteiger partial charge in [0.15, 0.2) is 0 Å². The number of fused-ring (bicyclic) bond motifs is 2. The first kappa shape index (κ1) is 12.2. The zero-order valence-electron chi connectivity index (χ0n) is 11.5. The molecule has 3 atom stereocenters. The van der Waals surface area contributed by atoms with Gasteiger partial charge >= 0.3 is 0 Å². The van der Waals surface area contributed by atoms with Crippen LogP contribution in [0.3, 0.4) is 0 Å². The van der Waals surface area contributed by atoms with Gasteiger partial charge in [-0.1, -0.05) is 18.2 Å². The summed E-state index contributed by atoms with van der Waals surface area (Å²) in [5.74, 6) is 0.251. The summed E-state index contributed by atoms with van der Waals surface area (Å²) in [6, 6.07) is 8.43. The molecule has 0 spiro atoms. The molecular weight excluding hydrogens is 252 g/mol. The quantitative estimate of drug-likeness (QED) is 0.847. The number of nitrogens with zero attached hydrogens (tertiary/aromatic N) is 1. The molecule has 1 aromatic rings. The fraction of sp³-hybridized carbons (Fsp3) is 0.562. The van der Waals surface area contributed by atoms with E-state index in [0.717, 1.165) is 31.5 Å². The average Bonchev–Trinajstić information content (AvgIpc) is 3.12. The van der Waals surface area contributed by atoms with E-state index in [-0.39, 0.29) is 18.1 Å². The summed E-state index contributed by atoms with van der Waals surface area (Å²) in [6.07, 6.45) is 4.46. The molecule has 2 aliphatic heterocycles. The fourth-order valence-corrected chi connectivity index (χ4v) is 3.85. The van der Waals surface area contributed by atoms with Crippen LogP contribution in [0.5, 0.6) is 0 Å². The van der Waals surface area contributed by atoms with Crippen LogP contribution in [-0.4, -0.2) is 42.1 Å². The normalized spacial score (nSPS) is 31.6. The van der Waals surface area contributed by atoms with Crippen molar-refractivity contribution in [1.82, 2.24) is 4.90 Å². The maximum atomic E-state index is 12.8. The van der Waals surface area contributed by atoms with Gasteiger partial charge in [-0.3, -0.25) is 4.79 Å². The summed E-state index contributed by atoms with van der Waals surface area (Å²) in [7, 11) is 0. The Hall–Kier alpha value is -1.55. The minimum absolute atomic E-state index is 0.0910. The summed E-state index contributed by atoms with van der Waals surface area (Å²) >= 11 is 0. The van der Waals surface area contributed by atoms with Crippen LogP contribution in [0.2, 0.25) is 0 Å². The van der Waals surface area contributed by atoms with E-state index in [0.29, 0.717) is 12.6 Å². The SMILES string of the molecule is O=C([C@@H]1Cc2ccccc2N1)N1CCOC2CCCC21. The van der Waals surface area contributed by atoms with Crippen LogP contribution in [0, 0.1) is 0 Å². The van der Waals surface area contributed by atoms with Gasteiger partial charge in [0.2, 0.25) is 5.91 Å². The van der Waals surface area contributed by atoms with Gasteiger partial charge in [-0.25, -0.2) is 0 Å². The highest BCUT2D eigenvalue weighted by molar-refractivity contribution is 5.87. The number of morpholine rings is 1. The molecular formula is C16H20N2O2. The van der Waals surface area contributed by atoms with Gasteiger partial charge in [0, 0.05) is 18.7 Å². The number of nitrogens with one attached hydrogen (secondary N) is 1. The number of hydrogen-bond acceptors (Lipinski definition) is 3.